The second kappa shape index (κ2) is 7.45. The Morgan fingerprint density at radius 1 is 0.731 bits per heavy atom. The Morgan fingerprint density at radius 3 is 1.77 bits per heavy atom. The van der Waals surface area contributed by atoms with Crippen LogP contribution in [0.2, 0.25) is 0 Å². The summed E-state index contributed by atoms with van der Waals surface area (Å²) in [4.78, 5) is 13.0. The highest BCUT2D eigenvalue weighted by Crippen LogP contribution is 2.17. The van der Waals surface area contributed by atoms with Gasteiger partial charge < -0.3 is 0 Å². The zero-order valence-corrected chi connectivity index (χ0v) is 15.0. The van der Waals surface area contributed by atoms with Crippen LogP contribution in [0.5, 0.6) is 0 Å². The van der Waals surface area contributed by atoms with Gasteiger partial charge in [-0.05, 0) is 19.1 Å². The van der Waals surface area contributed by atoms with Crippen molar-refractivity contribution < 1.29 is 13.2 Å². The van der Waals surface area contributed by atoms with Crippen molar-refractivity contribution in [2.75, 3.05) is 0 Å². The van der Waals surface area contributed by atoms with Crippen molar-refractivity contribution in [1.29, 1.82) is 0 Å². The molecule has 130 valence electrons. The van der Waals surface area contributed by atoms with Gasteiger partial charge in [-0.1, -0.05) is 78.4 Å². The number of aryl methyl sites for hydroxylation is 1. The minimum Gasteiger partial charge on any atom is -0.287 e. The summed E-state index contributed by atoms with van der Waals surface area (Å²) in [5.41, 5.74) is 1.68. The van der Waals surface area contributed by atoms with E-state index in [1.807, 2.05) is 6.92 Å². The van der Waals surface area contributed by atoms with Crippen molar-refractivity contribution in [1.82, 2.24) is 0 Å². The van der Waals surface area contributed by atoms with E-state index in [9.17, 15) is 13.2 Å². The van der Waals surface area contributed by atoms with Crippen molar-refractivity contribution in [2.45, 2.75) is 11.8 Å². The highest BCUT2D eigenvalue weighted by Gasteiger charge is 2.21. The number of carbonyl (C=O) groups excluding carboxylic acids is 1. The number of Topliss-reactive ketones (excluding diaryl/α,β-unsaturated/α-hetero) is 1. The quantitative estimate of drug-likeness (QED) is 0.507. The van der Waals surface area contributed by atoms with Gasteiger partial charge in [0.1, 0.15) is 5.71 Å². The molecule has 0 unspecified atom stereocenters. The maximum absolute atomic E-state index is 12.9. The molecule has 0 bridgehead atoms. The lowest BCUT2D eigenvalue weighted by Gasteiger charge is -2.07. The van der Waals surface area contributed by atoms with Crippen LogP contribution in [0.25, 0.3) is 0 Å². The van der Waals surface area contributed by atoms with Gasteiger partial charge in [-0.25, -0.2) is 0 Å². The van der Waals surface area contributed by atoms with E-state index in [0.717, 1.165) is 5.56 Å². The van der Waals surface area contributed by atoms with Crippen LogP contribution >= 0.6 is 0 Å². The minimum absolute atomic E-state index is 0.0531. The molecule has 0 atom stereocenters. The topological polar surface area (TPSA) is 63.6 Å². The van der Waals surface area contributed by atoms with Crippen molar-refractivity contribution >= 4 is 21.5 Å². The van der Waals surface area contributed by atoms with Gasteiger partial charge in [0.15, 0.2) is 0 Å². The molecule has 0 heterocycles. The van der Waals surface area contributed by atoms with Crippen molar-refractivity contribution in [3.8, 4) is 0 Å². The Kier molecular flexibility index (Phi) is 5.09. The van der Waals surface area contributed by atoms with Gasteiger partial charge in [0.25, 0.3) is 10.0 Å². The number of ketones is 1. The molecule has 3 aromatic rings. The second-order valence-electron chi connectivity index (χ2n) is 5.79. The number of sulfonamides is 1. The molecular weight excluding hydrogens is 346 g/mol. The van der Waals surface area contributed by atoms with Gasteiger partial charge in [-0.15, -0.1) is 0 Å². The summed E-state index contributed by atoms with van der Waals surface area (Å²) in [5, 5.41) is 0. The third-order valence-electron chi connectivity index (χ3n) is 3.83. The molecular formula is C21H17NO3S. The van der Waals surface area contributed by atoms with Crippen molar-refractivity contribution in [3.05, 3.63) is 102 Å². The fraction of sp³-hybridized carbons (Fsp3) is 0.0476. The maximum atomic E-state index is 12.9. The number of nitrogens with zero attached hydrogens (tertiary/aromatic N) is 1. The van der Waals surface area contributed by atoms with Crippen LogP contribution in [0, 0.1) is 6.92 Å². The lowest BCUT2D eigenvalue weighted by Crippen LogP contribution is -2.18. The molecule has 3 rings (SSSR count). The molecule has 0 aromatic heterocycles. The Bertz CT molecular complexity index is 1040. The minimum atomic E-state index is -4.01. The third kappa shape index (κ3) is 3.95. The van der Waals surface area contributed by atoms with Crippen LogP contribution in [0.1, 0.15) is 21.5 Å². The lowest BCUT2D eigenvalue weighted by molar-refractivity contribution is 0.106. The van der Waals surface area contributed by atoms with Crippen LogP contribution in [-0.4, -0.2) is 19.9 Å². The van der Waals surface area contributed by atoms with E-state index < -0.39 is 15.8 Å². The molecule has 26 heavy (non-hydrogen) atoms. The summed E-state index contributed by atoms with van der Waals surface area (Å²) in [6.07, 6.45) is 0. The van der Waals surface area contributed by atoms with Crippen LogP contribution in [0.3, 0.4) is 0 Å². The summed E-state index contributed by atoms with van der Waals surface area (Å²) in [5.74, 6) is -0.438. The SMILES string of the molecule is Cc1ccc(S(=O)(=O)/N=C(\C(=O)c2ccccc2)c2ccccc2)cc1. The predicted octanol–water partition coefficient (Wildman–Crippen LogP) is 4.06. The van der Waals surface area contributed by atoms with Gasteiger partial charge in [-0.3, -0.25) is 4.79 Å². The van der Waals surface area contributed by atoms with E-state index in [1.165, 1.54) is 12.1 Å². The fourth-order valence-electron chi connectivity index (χ4n) is 2.43. The van der Waals surface area contributed by atoms with E-state index in [0.29, 0.717) is 11.1 Å². The predicted molar refractivity (Wildman–Crippen MR) is 102 cm³/mol. The number of hydrogen-bond acceptors (Lipinski definition) is 3. The van der Waals surface area contributed by atoms with Gasteiger partial charge >= 0.3 is 0 Å². The Labute approximate surface area is 152 Å². The van der Waals surface area contributed by atoms with E-state index in [4.69, 9.17) is 0 Å². The maximum Gasteiger partial charge on any atom is 0.283 e. The molecule has 0 N–H and O–H groups in total. The second-order valence-corrected chi connectivity index (χ2v) is 7.39. The van der Waals surface area contributed by atoms with E-state index in [-0.39, 0.29) is 10.6 Å². The highest BCUT2D eigenvalue weighted by atomic mass is 32.2. The largest absolute Gasteiger partial charge is 0.287 e. The lowest BCUT2D eigenvalue weighted by atomic mass is 10.0. The summed E-state index contributed by atoms with van der Waals surface area (Å²) in [7, 11) is -4.01. The highest BCUT2D eigenvalue weighted by molar-refractivity contribution is 7.90. The standard InChI is InChI=1S/C21H17NO3S/c1-16-12-14-19(15-13-16)26(24,25)22-20(17-8-4-2-5-9-17)21(23)18-10-6-3-7-11-18/h2-15H,1H3/b22-20-. The molecule has 5 heteroatoms. The van der Waals surface area contributed by atoms with E-state index in [1.54, 1.807) is 72.8 Å². The first-order valence-corrected chi connectivity index (χ1v) is 9.48. The van der Waals surface area contributed by atoms with Crippen LogP contribution in [0.4, 0.5) is 0 Å². The number of carbonyl (C=O) groups is 1. The number of hydrogen-bond donors (Lipinski definition) is 0. The van der Waals surface area contributed by atoms with Crippen LogP contribution in [-0.2, 0) is 10.0 Å². The first kappa shape index (κ1) is 17.8. The Morgan fingerprint density at radius 2 is 1.23 bits per heavy atom. The summed E-state index contributed by atoms with van der Waals surface area (Å²) >= 11 is 0. The molecule has 0 aliphatic heterocycles. The zero-order chi connectivity index (χ0) is 18.6. The molecule has 3 aromatic carbocycles. The molecule has 0 radical (unpaired) electrons. The summed E-state index contributed by atoms with van der Waals surface area (Å²) in [6.45, 7) is 1.87. The molecule has 0 spiro atoms. The summed E-state index contributed by atoms with van der Waals surface area (Å²) in [6, 6.07) is 23.5. The van der Waals surface area contributed by atoms with Crippen LogP contribution < -0.4 is 0 Å². The molecule has 4 nitrogen and oxygen atoms in total. The molecule has 0 saturated carbocycles. The van der Waals surface area contributed by atoms with Gasteiger partial charge in [0, 0.05) is 11.1 Å². The van der Waals surface area contributed by atoms with E-state index in [2.05, 4.69) is 4.40 Å². The smallest absolute Gasteiger partial charge is 0.283 e. The van der Waals surface area contributed by atoms with Gasteiger partial charge in [0.2, 0.25) is 5.78 Å². The van der Waals surface area contributed by atoms with E-state index >= 15 is 0 Å². The molecule has 0 saturated heterocycles. The Balaban J connectivity index is 2.13. The number of rotatable bonds is 5. The summed E-state index contributed by atoms with van der Waals surface area (Å²) < 4.78 is 29.3. The Hall–Kier alpha value is -3.05. The van der Waals surface area contributed by atoms with Crippen LogP contribution in [0.15, 0.2) is 94.2 Å². The first-order valence-electron chi connectivity index (χ1n) is 8.04. The fourth-order valence-corrected chi connectivity index (χ4v) is 3.44. The molecule has 0 fully saturated rings. The molecule has 0 aliphatic rings. The van der Waals surface area contributed by atoms with Crippen molar-refractivity contribution in [2.24, 2.45) is 4.40 Å². The third-order valence-corrected chi connectivity index (χ3v) is 5.12. The molecule has 0 amide bonds. The zero-order valence-electron chi connectivity index (χ0n) is 14.2. The molecule has 0 aliphatic carbocycles. The average molecular weight is 363 g/mol. The van der Waals surface area contributed by atoms with Gasteiger partial charge in [-0.2, -0.15) is 12.8 Å². The number of benzene rings is 3. The monoisotopic (exact) mass is 363 g/mol. The van der Waals surface area contributed by atoms with Gasteiger partial charge in [0.05, 0.1) is 4.90 Å². The normalized spacial score (nSPS) is 12.0. The average Bonchev–Trinajstić information content (AvgIpc) is 2.67. The van der Waals surface area contributed by atoms with Crippen molar-refractivity contribution in [3.63, 3.8) is 0 Å². The first-order chi connectivity index (χ1) is 12.5.